The number of nitrogens with one attached hydrogen (secondary N) is 1. The monoisotopic (exact) mass is 552 g/mol. The number of carbonyl (C=O) groups excluding carboxylic acids is 1. The number of rotatable bonds is 7. The molecule has 2 N–H and O–H groups in total. The van der Waals surface area contributed by atoms with Crippen molar-refractivity contribution in [2.75, 3.05) is 25.5 Å². The smallest absolute Gasteiger partial charge is 0.420 e. The predicted molar refractivity (Wildman–Crippen MR) is 143 cm³/mol. The number of ether oxygens (including phenoxy) is 2. The van der Waals surface area contributed by atoms with Gasteiger partial charge >= 0.3 is 6.18 Å². The van der Waals surface area contributed by atoms with Crippen molar-refractivity contribution in [2.24, 2.45) is 0 Å². The zero-order valence-electron chi connectivity index (χ0n) is 21.6. The van der Waals surface area contributed by atoms with Crippen LogP contribution in [0.5, 0.6) is 17.4 Å². The lowest BCUT2D eigenvalue weighted by molar-refractivity contribution is -0.139. The summed E-state index contributed by atoms with van der Waals surface area (Å²) in [6, 6.07) is 15.2. The number of hydrogen-bond acceptors (Lipinski definition) is 7. The Kier molecular flexibility index (Phi) is 7.85. The maximum Gasteiger partial charge on any atom is 0.420 e. The summed E-state index contributed by atoms with van der Waals surface area (Å²) in [6.45, 7) is 1.25. The first-order valence-electron chi connectivity index (χ1n) is 12.7. The van der Waals surface area contributed by atoms with Crippen LogP contribution in [0.2, 0.25) is 0 Å². The molecule has 1 fully saturated rings. The number of anilines is 1. The summed E-state index contributed by atoms with van der Waals surface area (Å²) >= 11 is 0. The van der Waals surface area contributed by atoms with E-state index in [1.807, 2.05) is 7.05 Å². The van der Waals surface area contributed by atoms with Crippen LogP contribution in [-0.4, -0.2) is 52.1 Å². The molecule has 0 aliphatic carbocycles. The second-order valence-corrected chi connectivity index (χ2v) is 9.58. The van der Waals surface area contributed by atoms with Crippen molar-refractivity contribution < 1.29 is 32.5 Å². The van der Waals surface area contributed by atoms with Crippen LogP contribution in [0, 0.1) is 0 Å². The Morgan fingerprint density at radius 1 is 1.07 bits per heavy atom. The first-order valence-corrected chi connectivity index (χ1v) is 12.7. The van der Waals surface area contributed by atoms with Crippen LogP contribution < -0.4 is 14.8 Å². The molecule has 0 spiro atoms. The Labute approximate surface area is 228 Å². The van der Waals surface area contributed by atoms with Crippen LogP contribution in [-0.2, 0) is 12.8 Å². The van der Waals surface area contributed by atoms with Gasteiger partial charge in [-0.2, -0.15) is 13.2 Å². The van der Waals surface area contributed by atoms with E-state index in [1.165, 1.54) is 24.5 Å². The summed E-state index contributed by atoms with van der Waals surface area (Å²) in [6.07, 6.45) is -2.39. The fourth-order valence-electron chi connectivity index (χ4n) is 4.58. The van der Waals surface area contributed by atoms with Crippen molar-refractivity contribution >= 4 is 22.4 Å². The SMILES string of the molecule is CN1CCC(Oc2ccc(NC(=O)c3cccc4cc(Oc5cc(CO)ncn5)ccc34)cc2C(F)(F)F)CC1. The Morgan fingerprint density at radius 2 is 1.88 bits per heavy atom. The minimum atomic E-state index is -4.65. The minimum Gasteiger partial charge on any atom is -0.490 e. The van der Waals surface area contributed by atoms with E-state index in [2.05, 4.69) is 20.2 Å². The quantitative estimate of drug-likeness (QED) is 0.306. The van der Waals surface area contributed by atoms with E-state index in [-0.39, 0.29) is 35.6 Å². The molecule has 8 nitrogen and oxygen atoms in total. The maximum absolute atomic E-state index is 13.9. The lowest BCUT2D eigenvalue weighted by Gasteiger charge is -2.30. The highest BCUT2D eigenvalue weighted by Crippen LogP contribution is 2.39. The number of halogens is 3. The number of benzene rings is 3. The zero-order valence-corrected chi connectivity index (χ0v) is 21.6. The minimum absolute atomic E-state index is 0.00783. The molecular formula is C29H27F3N4O4. The molecule has 1 aromatic heterocycles. The van der Waals surface area contributed by atoms with Gasteiger partial charge in [0.15, 0.2) is 0 Å². The number of nitrogens with zero attached hydrogens (tertiary/aromatic N) is 3. The van der Waals surface area contributed by atoms with E-state index in [0.717, 1.165) is 19.2 Å². The summed E-state index contributed by atoms with van der Waals surface area (Å²) in [4.78, 5) is 23.2. The molecule has 1 aliphatic rings. The molecule has 0 atom stereocenters. The molecule has 0 bridgehead atoms. The lowest BCUT2D eigenvalue weighted by Crippen LogP contribution is -2.36. The Morgan fingerprint density at radius 3 is 2.62 bits per heavy atom. The number of aliphatic hydroxyl groups excluding tert-OH is 1. The van der Waals surface area contributed by atoms with Gasteiger partial charge in [0.2, 0.25) is 5.88 Å². The van der Waals surface area contributed by atoms with E-state index < -0.39 is 17.6 Å². The van der Waals surface area contributed by atoms with E-state index >= 15 is 0 Å². The van der Waals surface area contributed by atoms with E-state index in [4.69, 9.17) is 9.47 Å². The highest BCUT2D eigenvalue weighted by Gasteiger charge is 2.36. The van der Waals surface area contributed by atoms with E-state index in [1.54, 1.807) is 36.4 Å². The third-order valence-corrected chi connectivity index (χ3v) is 6.68. The van der Waals surface area contributed by atoms with Crippen LogP contribution >= 0.6 is 0 Å². The molecule has 1 saturated heterocycles. The van der Waals surface area contributed by atoms with Gasteiger partial charge in [0.25, 0.3) is 5.91 Å². The Hall–Kier alpha value is -4.22. The number of carbonyl (C=O) groups is 1. The predicted octanol–water partition coefficient (Wildman–Crippen LogP) is 5.66. The normalized spacial score (nSPS) is 14.7. The number of aliphatic hydroxyl groups is 1. The standard InChI is InChI=1S/C29H27F3N4O4/c1-36-11-9-21(10-12-36)39-26-8-5-19(14-25(26)29(30,31)32)35-28(38)24-4-2-3-18-13-22(6-7-23(18)24)40-27-15-20(16-37)33-17-34-27/h2-8,13-15,17,21,37H,9-12,16H2,1H3,(H,35,38). The molecular weight excluding hydrogens is 525 g/mol. The summed E-state index contributed by atoms with van der Waals surface area (Å²) in [5, 5.41) is 13.1. The highest BCUT2D eigenvalue weighted by atomic mass is 19.4. The van der Waals surface area contributed by atoms with E-state index in [9.17, 15) is 23.1 Å². The number of likely N-dealkylation sites (tertiary alicyclic amines) is 1. The highest BCUT2D eigenvalue weighted by molar-refractivity contribution is 6.13. The van der Waals surface area contributed by atoms with Crippen LogP contribution in [0.4, 0.5) is 18.9 Å². The molecule has 3 aromatic carbocycles. The fourth-order valence-corrected chi connectivity index (χ4v) is 4.58. The molecule has 1 amide bonds. The number of amides is 1. The van der Waals surface area contributed by atoms with Crippen molar-refractivity contribution in [3.05, 3.63) is 83.8 Å². The Bertz CT molecular complexity index is 1520. The van der Waals surface area contributed by atoms with Crippen molar-refractivity contribution in [3.8, 4) is 17.4 Å². The van der Waals surface area contributed by atoms with Crippen LogP contribution in [0.15, 0.2) is 67.0 Å². The number of fused-ring (bicyclic) bond motifs is 1. The average Bonchev–Trinajstić information content (AvgIpc) is 2.94. The first kappa shape index (κ1) is 27.4. The van der Waals surface area contributed by atoms with Crippen molar-refractivity contribution in [3.63, 3.8) is 0 Å². The van der Waals surface area contributed by atoms with Crippen LogP contribution in [0.1, 0.15) is 34.5 Å². The molecule has 11 heteroatoms. The molecule has 5 rings (SSSR count). The number of piperidine rings is 1. The van der Waals surface area contributed by atoms with Gasteiger partial charge in [-0.25, -0.2) is 9.97 Å². The van der Waals surface area contributed by atoms with Crippen LogP contribution in [0.3, 0.4) is 0 Å². The van der Waals surface area contributed by atoms with Gasteiger partial charge in [-0.3, -0.25) is 4.79 Å². The zero-order chi connectivity index (χ0) is 28.3. The van der Waals surface area contributed by atoms with Crippen molar-refractivity contribution in [2.45, 2.75) is 31.7 Å². The summed E-state index contributed by atoms with van der Waals surface area (Å²) < 4.78 is 53.2. The molecule has 0 unspecified atom stereocenters. The van der Waals surface area contributed by atoms with Gasteiger partial charge < -0.3 is 24.8 Å². The molecule has 0 radical (unpaired) electrons. The van der Waals surface area contributed by atoms with Gasteiger partial charge in [-0.1, -0.05) is 12.1 Å². The number of hydrogen-bond donors (Lipinski definition) is 2. The Balaban J connectivity index is 1.35. The molecule has 40 heavy (non-hydrogen) atoms. The summed E-state index contributed by atoms with van der Waals surface area (Å²) in [5.41, 5.74) is -0.236. The molecule has 4 aromatic rings. The lowest BCUT2D eigenvalue weighted by atomic mass is 10.0. The van der Waals surface area contributed by atoms with Gasteiger partial charge in [-0.15, -0.1) is 0 Å². The van der Waals surface area contributed by atoms with Gasteiger partial charge in [0.1, 0.15) is 23.9 Å². The van der Waals surface area contributed by atoms with Gasteiger partial charge in [0, 0.05) is 30.4 Å². The summed E-state index contributed by atoms with van der Waals surface area (Å²) in [7, 11) is 1.96. The van der Waals surface area contributed by atoms with Gasteiger partial charge in [-0.05, 0) is 73.1 Å². The fraction of sp³-hybridized carbons (Fsp3) is 0.276. The second-order valence-electron chi connectivity index (χ2n) is 9.58. The largest absolute Gasteiger partial charge is 0.490 e. The van der Waals surface area contributed by atoms with E-state index in [0.29, 0.717) is 35.1 Å². The number of aromatic nitrogens is 2. The second kappa shape index (κ2) is 11.5. The third kappa shape index (κ3) is 6.32. The number of alkyl halides is 3. The maximum atomic E-state index is 13.9. The summed E-state index contributed by atoms with van der Waals surface area (Å²) in [5.74, 6) is -0.106. The molecule has 2 heterocycles. The van der Waals surface area contributed by atoms with Crippen molar-refractivity contribution in [1.29, 1.82) is 0 Å². The van der Waals surface area contributed by atoms with Crippen LogP contribution in [0.25, 0.3) is 10.8 Å². The topological polar surface area (TPSA) is 96.8 Å². The molecule has 208 valence electrons. The van der Waals surface area contributed by atoms with Gasteiger partial charge in [0.05, 0.1) is 17.9 Å². The first-order chi connectivity index (χ1) is 19.2. The molecule has 0 saturated carbocycles. The molecule has 1 aliphatic heterocycles. The van der Waals surface area contributed by atoms with Crippen molar-refractivity contribution in [1.82, 2.24) is 14.9 Å². The average molecular weight is 553 g/mol. The third-order valence-electron chi connectivity index (χ3n) is 6.68.